The van der Waals surface area contributed by atoms with Crippen molar-refractivity contribution in [2.45, 2.75) is 12.8 Å². The number of nitro benzene ring substituents is 1. The van der Waals surface area contributed by atoms with E-state index in [0.29, 0.717) is 18.2 Å². The minimum Gasteiger partial charge on any atom is -0.379 e. The number of anilines is 1. The van der Waals surface area contributed by atoms with E-state index in [4.69, 9.17) is 0 Å². The fourth-order valence-electron chi connectivity index (χ4n) is 3.38. The summed E-state index contributed by atoms with van der Waals surface area (Å²) in [5.74, 6) is 0.383. The molecule has 8 heteroatoms. The monoisotopic (exact) mass is 357 g/mol. The summed E-state index contributed by atoms with van der Waals surface area (Å²) in [4.78, 5) is 29.8. The first-order valence-electron chi connectivity index (χ1n) is 8.68. The van der Waals surface area contributed by atoms with E-state index in [-0.39, 0.29) is 22.9 Å². The van der Waals surface area contributed by atoms with Gasteiger partial charge in [-0.3, -0.25) is 14.9 Å². The third-order valence-electron chi connectivity index (χ3n) is 4.78. The molecule has 26 heavy (non-hydrogen) atoms. The summed E-state index contributed by atoms with van der Waals surface area (Å²) in [6.07, 6.45) is 5.44. The molecule has 1 aromatic carbocycles. The average Bonchev–Trinajstić information content (AvgIpc) is 3.05. The summed E-state index contributed by atoms with van der Waals surface area (Å²) < 4.78 is 1.60. The summed E-state index contributed by atoms with van der Waals surface area (Å²) in [6.45, 7) is 2.76. The van der Waals surface area contributed by atoms with Gasteiger partial charge in [-0.25, -0.2) is 4.98 Å². The van der Waals surface area contributed by atoms with E-state index in [1.807, 2.05) is 0 Å². The molecule has 1 fully saturated rings. The number of ketones is 1. The molecule has 1 aliphatic rings. The first-order valence-corrected chi connectivity index (χ1v) is 8.68. The molecule has 0 aliphatic carbocycles. The average molecular weight is 357 g/mol. The Labute approximate surface area is 152 Å². The zero-order chi connectivity index (χ0) is 18.7. The van der Waals surface area contributed by atoms with Crippen molar-refractivity contribution in [1.82, 2.24) is 14.5 Å². The second-order valence-electron chi connectivity index (χ2n) is 6.83. The number of aryl methyl sites for hydroxylation is 1. The summed E-state index contributed by atoms with van der Waals surface area (Å²) in [6, 6.07) is 4.55. The van der Waals surface area contributed by atoms with Crippen molar-refractivity contribution in [1.29, 1.82) is 0 Å². The van der Waals surface area contributed by atoms with E-state index in [1.54, 1.807) is 29.9 Å². The van der Waals surface area contributed by atoms with E-state index in [2.05, 4.69) is 22.2 Å². The van der Waals surface area contributed by atoms with Crippen molar-refractivity contribution < 1.29 is 9.72 Å². The van der Waals surface area contributed by atoms with Crippen LogP contribution in [0.25, 0.3) is 0 Å². The maximum Gasteiger partial charge on any atom is 0.293 e. The highest BCUT2D eigenvalue weighted by Gasteiger charge is 2.22. The molecule has 8 nitrogen and oxygen atoms in total. The minimum atomic E-state index is -0.454. The summed E-state index contributed by atoms with van der Waals surface area (Å²) in [7, 11) is 3.80. The molecule has 2 aromatic rings. The number of nitrogens with zero attached hydrogens (tertiary/aromatic N) is 4. The lowest BCUT2D eigenvalue weighted by atomic mass is 9.98. The van der Waals surface area contributed by atoms with Crippen LogP contribution in [-0.4, -0.2) is 51.8 Å². The number of likely N-dealkylation sites (tertiary alicyclic amines) is 1. The number of hydrogen-bond donors (Lipinski definition) is 1. The van der Waals surface area contributed by atoms with Crippen LogP contribution in [0.4, 0.5) is 11.4 Å². The third kappa shape index (κ3) is 3.91. The number of carbonyl (C=O) groups excluding carboxylic acids is 1. The highest BCUT2D eigenvalue weighted by Crippen LogP contribution is 2.27. The predicted molar refractivity (Wildman–Crippen MR) is 98.4 cm³/mol. The quantitative estimate of drug-likeness (QED) is 0.484. The van der Waals surface area contributed by atoms with E-state index in [0.717, 1.165) is 25.9 Å². The number of rotatable bonds is 6. The number of hydrogen-bond acceptors (Lipinski definition) is 6. The molecule has 2 heterocycles. The van der Waals surface area contributed by atoms with Gasteiger partial charge >= 0.3 is 0 Å². The molecular weight excluding hydrogens is 334 g/mol. The van der Waals surface area contributed by atoms with Crippen LogP contribution in [0.3, 0.4) is 0 Å². The van der Waals surface area contributed by atoms with Crippen molar-refractivity contribution in [2.24, 2.45) is 13.0 Å². The van der Waals surface area contributed by atoms with E-state index < -0.39 is 4.92 Å². The summed E-state index contributed by atoms with van der Waals surface area (Å²) in [5, 5.41) is 14.7. The van der Waals surface area contributed by atoms with Crippen LogP contribution in [0, 0.1) is 16.0 Å². The van der Waals surface area contributed by atoms with Crippen molar-refractivity contribution >= 4 is 17.2 Å². The lowest BCUT2D eigenvalue weighted by Gasteiger charge is -2.29. The molecular formula is C18H23N5O3. The van der Waals surface area contributed by atoms with Crippen molar-refractivity contribution in [3.63, 3.8) is 0 Å². The first-order chi connectivity index (χ1) is 12.5. The van der Waals surface area contributed by atoms with Gasteiger partial charge in [0.05, 0.1) is 4.92 Å². The van der Waals surface area contributed by atoms with Gasteiger partial charge in [0.2, 0.25) is 5.78 Å². The smallest absolute Gasteiger partial charge is 0.293 e. The number of aromatic nitrogens is 2. The van der Waals surface area contributed by atoms with E-state index >= 15 is 0 Å². The van der Waals surface area contributed by atoms with Gasteiger partial charge in [0.25, 0.3) is 5.69 Å². The van der Waals surface area contributed by atoms with Gasteiger partial charge in [0, 0.05) is 44.2 Å². The van der Waals surface area contributed by atoms with Crippen LogP contribution in [0.2, 0.25) is 0 Å². The number of imidazole rings is 1. The molecule has 1 saturated heterocycles. The van der Waals surface area contributed by atoms with Crippen LogP contribution < -0.4 is 5.32 Å². The molecule has 1 atom stereocenters. The zero-order valence-electron chi connectivity index (χ0n) is 15.0. The fourth-order valence-corrected chi connectivity index (χ4v) is 3.38. The van der Waals surface area contributed by atoms with Gasteiger partial charge in [-0.05, 0) is 44.5 Å². The number of piperidine rings is 1. The maximum atomic E-state index is 12.5. The Bertz CT molecular complexity index is 817. The summed E-state index contributed by atoms with van der Waals surface area (Å²) >= 11 is 0. The van der Waals surface area contributed by atoms with Crippen molar-refractivity contribution in [3.05, 3.63) is 52.1 Å². The number of nitrogens with one attached hydrogen (secondary N) is 1. The lowest BCUT2D eigenvalue weighted by molar-refractivity contribution is -0.384. The third-order valence-corrected chi connectivity index (χ3v) is 4.78. The Balaban J connectivity index is 1.77. The lowest BCUT2D eigenvalue weighted by Crippen LogP contribution is -2.35. The molecule has 0 radical (unpaired) electrons. The Morgan fingerprint density at radius 2 is 2.23 bits per heavy atom. The topological polar surface area (TPSA) is 93.3 Å². The highest BCUT2D eigenvalue weighted by atomic mass is 16.6. The van der Waals surface area contributed by atoms with Crippen LogP contribution >= 0.6 is 0 Å². The van der Waals surface area contributed by atoms with Crippen LogP contribution in [0.5, 0.6) is 0 Å². The standard InChI is InChI=1S/C18H23N5O3/c1-21-8-3-4-13(12-21)11-20-15-6-5-14(10-16(15)23(25)26)17(24)18-19-7-9-22(18)2/h5-7,9-10,13,20H,3-4,8,11-12H2,1-2H3. The SMILES string of the molecule is CN1CCCC(CNc2ccc(C(=O)c3nccn3C)cc2[N+](=O)[O-])C1. The van der Waals surface area contributed by atoms with E-state index in [9.17, 15) is 14.9 Å². The summed E-state index contributed by atoms with van der Waals surface area (Å²) in [5.41, 5.74) is 0.614. The van der Waals surface area contributed by atoms with Gasteiger partial charge < -0.3 is 14.8 Å². The molecule has 0 amide bonds. The van der Waals surface area contributed by atoms with Crippen LogP contribution in [-0.2, 0) is 7.05 Å². The normalized spacial score (nSPS) is 17.8. The predicted octanol–water partition coefficient (Wildman–Crippen LogP) is 2.31. The van der Waals surface area contributed by atoms with E-state index in [1.165, 1.54) is 12.3 Å². The molecule has 1 N–H and O–H groups in total. The Morgan fingerprint density at radius 3 is 2.88 bits per heavy atom. The molecule has 1 aliphatic heterocycles. The van der Waals surface area contributed by atoms with Crippen LogP contribution in [0.15, 0.2) is 30.6 Å². The Hall–Kier alpha value is -2.74. The second-order valence-corrected chi connectivity index (χ2v) is 6.83. The molecule has 0 saturated carbocycles. The number of benzene rings is 1. The van der Waals surface area contributed by atoms with Gasteiger partial charge in [0.15, 0.2) is 5.82 Å². The van der Waals surface area contributed by atoms with Crippen LogP contribution in [0.1, 0.15) is 29.0 Å². The van der Waals surface area contributed by atoms with Crippen molar-refractivity contribution in [3.8, 4) is 0 Å². The number of nitro groups is 1. The largest absolute Gasteiger partial charge is 0.379 e. The fraction of sp³-hybridized carbons (Fsp3) is 0.444. The maximum absolute atomic E-state index is 12.5. The Morgan fingerprint density at radius 1 is 1.42 bits per heavy atom. The Kier molecular flexibility index (Phi) is 5.32. The second kappa shape index (κ2) is 7.65. The molecule has 0 bridgehead atoms. The highest BCUT2D eigenvalue weighted by molar-refractivity contribution is 6.07. The molecule has 0 spiro atoms. The minimum absolute atomic E-state index is 0.0887. The van der Waals surface area contributed by atoms with Crippen molar-refractivity contribution in [2.75, 3.05) is 32.0 Å². The van der Waals surface area contributed by atoms with Gasteiger partial charge in [0.1, 0.15) is 5.69 Å². The van der Waals surface area contributed by atoms with Gasteiger partial charge in [-0.15, -0.1) is 0 Å². The van der Waals surface area contributed by atoms with Gasteiger partial charge in [-0.1, -0.05) is 0 Å². The van der Waals surface area contributed by atoms with Gasteiger partial charge in [-0.2, -0.15) is 0 Å². The number of carbonyl (C=O) groups is 1. The zero-order valence-corrected chi connectivity index (χ0v) is 15.0. The molecule has 138 valence electrons. The molecule has 3 rings (SSSR count). The molecule has 1 aromatic heterocycles. The first kappa shape index (κ1) is 18.1. The molecule has 1 unspecified atom stereocenters.